The highest BCUT2D eigenvalue weighted by atomic mass is 16.4. The van der Waals surface area contributed by atoms with E-state index in [0.29, 0.717) is 18.7 Å². The summed E-state index contributed by atoms with van der Waals surface area (Å²) in [5.74, 6) is -0.900. The quantitative estimate of drug-likeness (QED) is 0.779. The normalized spacial score (nSPS) is 10.8. The van der Waals surface area contributed by atoms with Gasteiger partial charge in [0.15, 0.2) is 0 Å². The molecule has 5 heteroatoms. The van der Waals surface area contributed by atoms with Gasteiger partial charge in [-0.25, -0.2) is 4.79 Å². The largest absolute Gasteiger partial charge is 0.478 e. The van der Waals surface area contributed by atoms with E-state index in [2.05, 4.69) is 0 Å². The van der Waals surface area contributed by atoms with Crippen molar-refractivity contribution in [3.05, 3.63) is 93.2 Å². The molecule has 0 aliphatic carbocycles. The molecule has 5 nitrogen and oxygen atoms in total. The molecule has 0 saturated carbocycles. The van der Waals surface area contributed by atoms with Gasteiger partial charge >= 0.3 is 5.97 Å². The Morgan fingerprint density at radius 2 is 1.64 bits per heavy atom. The van der Waals surface area contributed by atoms with E-state index in [1.165, 1.54) is 0 Å². The van der Waals surface area contributed by atoms with E-state index in [9.17, 15) is 14.7 Å². The van der Waals surface area contributed by atoms with Crippen LogP contribution < -0.4 is 5.56 Å². The van der Waals surface area contributed by atoms with Gasteiger partial charge in [-0.15, -0.1) is 0 Å². The molecule has 1 aromatic carbocycles. The minimum atomic E-state index is -0.900. The molecular weight excluding hydrogens is 316 g/mol. The topological polar surface area (TPSA) is 64.2 Å². The number of hydrogen-bond donors (Lipinski definition) is 1. The van der Waals surface area contributed by atoms with E-state index in [1.54, 1.807) is 29.0 Å². The monoisotopic (exact) mass is 336 g/mol. The predicted octanol–water partition coefficient (Wildman–Crippen LogP) is 3.06. The first-order valence-corrected chi connectivity index (χ1v) is 8.09. The number of aryl methyl sites for hydroxylation is 1. The lowest BCUT2D eigenvalue weighted by Gasteiger charge is -2.11. The van der Waals surface area contributed by atoms with Crippen molar-refractivity contribution in [3.63, 3.8) is 0 Å². The molecule has 0 aliphatic heterocycles. The Balaban J connectivity index is 1.79. The summed E-state index contributed by atoms with van der Waals surface area (Å²) in [4.78, 5) is 23.0. The summed E-state index contributed by atoms with van der Waals surface area (Å²) in [5.41, 5.74) is 4.13. The van der Waals surface area contributed by atoms with Crippen molar-refractivity contribution >= 4 is 5.97 Å². The van der Waals surface area contributed by atoms with Crippen LogP contribution in [0.5, 0.6) is 0 Å². The first-order chi connectivity index (χ1) is 12.0. The van der Waals surface area contributed by atoms with Gasteiger partial charge in [0.25, 0.3) is 5.56 Å². The molecule has 2 aromatic heterocycles. The number of aromatic nitrogens is 2. The average molecular weight is 336 g/mol. The molecule has 0 amide bonds. The van der Waals surface area contributed by atoms with Crippen molar-refractivity contribution in [2.75, 3.05) is 0 Å². The van der Waals surface area contributed by atoms with Crippen molar-refractivity contribution in [1.29, 1.82) is 0 Å². The fraction of sp³-hybridized carbons (Fsp3) is 0.200. The number of carbonyl (C=O) groups is 1. The third-order valence-electron chi connectivity index (χ3n) is 4.42. The Hall–Kier alpha value is -3.08. The van der Waals surface area contributed by atoms with Gasteiger partial charge in [-0.2, -0.15) is 0 Å². The maximum atomic E-state index is 11.8. The fourth-order valence-corrected chi connectivity index (χ4v) is 2.98. The second-order valence-corrected chi connectivity index (χ2v) is 6.16. The molecule has 3 aromatic rings. The van der Waals surface area contributed by atoms with Gasteiger partial charge in [0.1, 0.15) is 0 Å². The van der Waals surface area contributed by atoms with E-state index in [1.807, 2.05) is 48.7 Å². The Labute approximate surface area is 145 Å². The van der Waals surface area contributed by atoms with E-state index in [0.717, 1.165) is 22.5 Å². The van der Waals surface area contributed by atoms with Gasteiger partial charge < -0.3 is 14.2 Å². The number of carboxylic acids is 1. The smallest absolute Gasteiger partial charge is 0.337 e. The highest BCUT2D eigenvalue weighted by molar-refractivity contribution is 5.89. The van der Waals surface area contributed by atoms with Crippen molar-refractivity contribution in [3.8, 4) is 0 Å². The molecule has 25 heavy (non-hydrogen) atoms. The van der Waals surface area contributed by atoms with E-state index < -0.39 is 5.97 Å². The van der Waals surface area contributed by atoms with Crippen LogP contribution in [0.1, 0.15) is 32.9 Å². The molecule has 0 bridgehead atoms. The van der Waals surface area contributed by atoms with Crippen LogP contribution in [-0.4, -0.2) is 20.2 Å². The van der Waals surface area contributed by atoms with Gasteiger partial charge in [0.05, 0.1) is 12.1 Å². The maximum Gasteiger partial charge on any atom is 0.337 e. The highest BCUT2D eigenvalue weighted by Crippen LogP contribution is 2.17. The number of carboxylic acid groups (broad SMARTS) is 1. The Bertz CT molecular complexity index is 965. The summed E-state index contributed by atoms with van der Waals surface area (Å²) in [6.07, 6.45) is 1.77. The molecule has 0 unspecified atom stereocenters. The van der Waals surface area contributed by atoms with E-state index >= 15 is 0 Å². The zero-order chi connectivity index (χ0) is 18.0. The molecule has 128 valence electrons. The van der Waals surface area contributed by atoms with E-state index in [4.69, 9.17) is 0 Å². The first kappa shape index (κ1) is 16.8. The number of pyridine rings is 1. The number of rotatable bonds is 5. The lowest BCUT2D eigenvalue weighted by atomic mass is 10.1. The lowest BCUT2D eigenvalue weighted by Crippen LogP contribution is -2.18. The number of nitrogens with zero attached hydrogens (tertiary/aromatic N) is 2. The Kier molecular flexibility index (Phi) is 4.57. The Morgan fingerprint density at radius 3 is 2.20 bits per heavy atom. The third-order valence-corrected chi connectivity index (χ3v) is 4.42. The lowest BCUT2D eigenvalue weighted by molar-refractivity contribution is 0.0696. The first-order valence-electron chi connectivity index (χ1n) is 8.09. The molecule has 0 spiro atoms. The van der Waals surface area contributed by atoms with Crippen LogP contribution in [0.4, 0.5) is 0 Å². The maximum absolute atomic E-state index is 11.8. The molecule has 0 atom stereocenters. The van der Waals surface area contributed by atoms with Gasteiger partial charge in [0.2, 0.25) is 0 Å². The third kappa shape index (κ3) is 3.55. The zero-order valence-corrected chi connectivity index (χ0v) is 14.3. The molecule has 0 saturated heterocycles. The molecule has 1 N–H and O–H groups in total. The van der Waals surface area contributed by atoms with Crippen molar-refractivity contribution in [2.45, 2.75) is 26.9 Å². The minimum Gasteiger partial charge on any atom is -0.478 e. The van der Waals surface area contributed by atoms with Gasteiger partial charge in [-0.3, -0.25) is 4.79 Å². The van der Waals surface area contributed by atoms with Crippen LogP contribution >= 0.6 is 0 Å². The summed E-state index contributed by atoms with van der Waals surface area (Å²) in [5, 5.41) is 9.23. The van der Waals surface area contributed by atoms with Crippen LogP contribution in [0, 0.1) is 13.8 Å². The van der Waals surface area contributed by atoms with Crippen molar-refractivity contribution in [1.82, 2.24) is 9.13 Å². The second kappa shape index (κ2) is 6.81. The second-order valence-electron chi connectivity index (χ2n) is 6.16. The SMILES string of the molecule is Cc1cc(C(=O)O)c(C)n1Cc1ccc(Cn2ccccc2=O)cc1. The summed E-state index contributed by atoms with van der Waals surface area (Å²) in [6, 6.07) is 14.9. The Morgan fingerprint density at radius 1 is 1.00 bits per heavy atom. The molecule has 2 heterocycles. The molecule has 0 aliphatic rings. The minimum absolute atomic E-state index is 0.0219. The van der Waals surface area contributed by atoms with Crippen LogP contribution in [0.3, 0.4) is 0 Å². The standard InChI is InChI=1S/C20H20N2O3/c1-14-11-18(20(24)25)15(2)22(14)13-17-8-6-16(7-9-17)12-21-10-4-3-5-19(21)23/h3-11H,12-13H2,1-2H3,(H,24,25). The summed E-state index contributed by atoms with van der Waals surface area (Å²) < 4.78 is 3.66. The van der Waals surface area contributed by atoms with Crippen LogP contribution in [0.15, 0.2) is 59.5 Å². The zero-order valence-electron chi connectivity index (χ0n) is 14.3. The molecular formula is C20H20N2O3. The number of hydrogen-bond acceptors (Lipinski definition) is 2. The molecule has 0 fully saturated rings. The fourth-order valence-electron chi connectivity index (χ4n) is 2.98. The van der Waals surface area contributed by atoms with Crippen molar-refractivity contribution < 1.29 is 9.90 Å². The highest BCUT2D eigenvalue weighted by Gasteiger charge is 2.14. The summed E-state index contributed by atoms with van der Waals surface area (Å²) in [7, 11) is 0. The number of benzene rings is 1. The van der Waals surface area contributed by atoms with Gasteiger partial charge in [-0.1, -0.05) is 30.3 Å². The van der Waals surface area contributed by atoms with Gasteiger partial charge in [-0.05, 0) is 37.1 Å². The molecule has 3 rings (SSSR count). The summed E-state index contributed by atoms with van der Waals surface area (Å²) in [6.45, 7) is 4.89. The van der Waals surface area contributed by atoms with Crippen LogP contribution in [0.2, 0.25) is 0 Å². The number of aromatic carboxylic acids is 1. The average Bonchev–Trinajstić information content (AvgIpc) is 2.87. The molecule has 0 radical (unpaired) electrons. The van der Waals surface area contributed by atoms with E-state index in [-0.39, 0.29) is 5.56 Å². The summed E-state index contributed by atoms with van der Waals surface area (Å²) >= 11 is 0. The van der Waals surface area contributed by atoms with Gasteiger partial charge in [0, 0.05) is 30.2 Å². The van der Waals surface area contributed by atoms with Crippen LogP contribution in [0.25, 0.3) is 0 Å². The van der Waals surface area contributed by atoms with Crippen LogP contribution in [-0.2, 0) is 13.1 Å². The predicted molar refractivity (Wildman–Crippen MR) is 96.2 cm³/mol. The van der Waals surface area contributed by atoms with Crippen molar-refractivity contribution in [2.24, 2.45) is 0 Å².